The van der Waals surface area contributed by atoms with Gasteiger partial charge in [-0.15, -0.1) is 0 Å². The Bertz CT molecular complexity index is 1170. The predicted molar refractivity (Wildman–Crippen MR) is 113 cm³/mol. The molecule has 156 valence electrons. The smallest absolute Gasteiger partial charge is 0.296 e. The maximum absolute atomic E-state index is 13.1. The predicted octanol–water partition coefficient (Wildman–Crippen LogP) is 3.42. The van der Waals surface area contributed by atoms with Crippen LogP contribution in [-0.4, -0.2) is 38.9 Å². The van der Waals surface area contributed by atoms with Crippen molar-refractivity contribution in [2.24, 2.45) is 0 Å². The maximum Gasteiger partial charge on any atom is 0.296 e. The molecule has 0 saturated carbocycles. The molecule has 0 aliphatic carbocycles. The Morgan fingerprint density at radius 1 is 1.06 bits per heavy atom. The lowest BCUT2D eigenvalue weighted by atomic mass is 9.95. The van der Waals surface area contributed by atoms with Crippen molar-refractivity contribution in [2.45, 2.75) is 12.6 Å². The summed E-state index contributed by atoms with van der Waals surface area (Å²) < 4.78 is 5.32. The summed E-state index contributed by atoms with van der Waals surface area (Å²) in [5, 5.41) is 21.1. The van der Waals surface area contributed by atoms with Crippen molar-refractivity contribution in [2.75, 3.05) is 7.11 Å². The van der Waals surface area contributed by atoms with Crippen molar-refractivity contribution in [3.8, 4) is 11.5 Å². The summed E-state index contributed by atoms with van der Waals surface area (Å²) in [4.78, 5) is 31.6. The molecule has 2 N–H and O–H groups in total. The molecule has 3 aromatic rings. The highest BCUT2D eigenvalue weighted by Gasteiger charge is 2.46. The number of likely N-dealkylation sites (tertiary alicyclic amines) is 1. The minimum absolute atomic E-state index is 0.0155. The van der Waals surface area contributed by atoms with Gasteiger partial charge in [-0.25, -0.2) is 0 Å². The van der Waals surface area contributed by atoms with Crippen LogP contribution in [0.2, 0.25) is 0 Å². The third kappa shape index (κ3) is 3.73. The van der Waals surface area contributed by atoms with E-state index in [-0.39, 0.29) is 23.6 Å². The number of rotatable bonds is 5. The number of hydrogen-bond acceptors (Lipinski definition) is 6. The van der Waals surface area contributed by atoms with Crippen LogP contribution in [0.5, 0.6) is 11.5 Å². The number of aliphatic hydroxyl groups is 1. The van der Waals surface area contributed by atoms with E-state index in [1.54, 1.807) is 60.8 Å². The summed E-state index contributed by atoms with van der Waals surface area (Å²) in [7, 11) is 1.46. The van der Waals surface area contributed by atoms with Crippen LogP contribution in [0.4, 0.5) is 0 Å². The molecule has 7 heteroatoms. The molecule has 0 spiro atoms. The van der Waals surface area contributed by atoms with E-state index in [9.17, 15) is 19.8 Å². The number of phenolic OH excluding ortho intramolecular Hbond substituents is 1. The van der Waals surface area contributed by atoms with Crippen LogP contribution in [-0.2, 0) is 16.1 Å². The van der Waals surface area contributed by atoms with E-state index >= 15 is 0 Å². The molecule has 0 radical (unpaired) electrons. The first-order valence-electron chi connectivity index (χ1n) is 9.62. The Labute approximate surface area is 178 Å². The summed E-state index contributed by atoms with van der Waals surface area (Å²) >= 11 is 0. The van der Waals surface area contributed by atoms with Crippen molar-refractivity contribution in [3.05, 3.63) is 95.3 Å². The van der Waals surface area contributed by atoms with Gasteiger partial charge in [-0.3, -0.25) is 14.6 Å². The largest absolute Gasteiger partial charge is 0.508 e. The molecule has 2 heterocycles. The summed E-state index contributed by atoms with van der Waals surface area (Å²) in [6.45, 7) is 0.0639. The number of aliphatic hydroxyl groups excluding tert-OH is 1. The van der Waals surface area contributed by atoms with Gasteiger partial charge in [0.15, 0.2) is 0 Å². The fourth-order valence-electron chi connectivity index (χ4n) is 3.74. The number of methoxy groups -OCH3 is 1. The van der Waals surface area contributed by atoms with Crippen molar-refractivity contribution in [1.82, 2.24) is 9.88 Å². The molecular formula is C24H20N2O5. The van der Waals surface area contributed by atoms with Crippen LogP contribution in [0, 0.1) is 0 Å². The van der Waals surface area contributed by atoms with Crippen molar-refractivity contribution in [1.29, 1.82) is 0 Å². The van der Waals surface area contributed by atoms with Crippen LogP contribution in [0.25, 0.3) is 5.76 Å². The minimum atomic E-state index is -0.904. The third-order valence-corrected chi connectivity index (χ3v) is 5.15. The number of pyridine rings is 1. The van der Waals surface area contributed by atoms with Crippen LogP contribution in [0.1, 0.15) is 22.9 Å². The van der Waals surface area contributed by atoms with Gasteiger partial charge in [-0.2, -0.15) is 0 Å². The second-order valence-electron chi connectivity index (χ2n) is 7.04. The first kappa shape index (κ1) is 20.2. The maximum atomic E-state index is 13.1. The summed E-state index contributed by atoms with van der Waals surface area (Å²) in [5.74, 6) is -1.56. The van der Waals surface area contributed by atoms with Crippen molar-refractivity contribution >= 4 is 17.4 Å². The number of aromatic hydroxyl groups is 1. The molecule has 1 atom stereocenters. The lowest BCUT2D eigenvalue weighted by Gasteiger charge is -2.25. The molecule has 1 unspecified atom stereocenters. The molecule has 1 amide bonds. The van der Waals surface area contributed by atoms with Gasteiger partial charge < -0.3 is 19.8 Å². The van der Waals surface area contributed by atoms with Crippen molar-refractivity contribution < 1.29 is 24.5 Å². The number of carbonyl (C=O) groups is 2. The number of nitrogens with zero attached hydrogens (tertiary/aromatic N) is 2. The van der Waals surface area contributed by atoms with Gasteiger partial charge in [0.25, 0.3) is 11.7 Å². The standard InChI is InChI=1S/C24H20N2O5/c1-31-19-11-3-2-10-18(19)22(28)20-21(15-7-6-9-17(27)13-15)26(24(30)23(20)29)14-16-8-4-5-12-25-16/h2-13,21,27-28H,14H2,1H3/b22-20-. The molecule has 0 bridgehead atoms. The minimum Gasteiger partial charge on any atom is -0.508 e. The molecule has 1 aliphatic heterocycles. The van der Waals surface area contributed by atoms with Crippen LogP contribution in [0.3, 0.4) is 0 Å². The number of aromatic nitrogens is 1. The molecule has 1 fully saturated rings. The molecule has 31 heavy (non-hydrogen) atoms. The molecule has 1 aliphatic rings. The van der Waals surface area contributed by atoms with Crippen LogP contribution in [0.15, 0.2) is 78.5 Å². The van der Waals surface area contributed by atoms with Gasteiger partial charge >= 0.3 is 0 Å². The molecule has 4 rings (SSSR count). The zero-order valence-corrected chi connectivity index (χ0v) is 16.7. The quantitative estimate of drug-likeness (QED) is 0.376. The van der Waals surface area contributed by atoms with E-state index in [0.29, 0.717) is 22.6 Å². The van der Waals surface area contributed by atoms with Gasteiger partial charge in [-0.05, 0) is 42.0 Å². The fourth-order valence-corrected chi connectivity index (χ4v) is 3.74. The van der Waals surface area contributed by atoms with Gasteiger partial charge in [0.1, 0.15) is 17.3 Å². The number of ether oxygens (including phenoxy) is 1. The van der Waals surface area contributed by atoms with Crippen LogP contribution >= 0.6 is 0 Å². The lowest BCUT2D eigenvalue weighted by molar-refractivity contribution is -0.140. The number of benzene rings is 2. The first-order chi connectivity index (χ1) is 15.0. The lowest BCUT2D eigenvalue weighted by Crippen LogP contribution is -2.29. The average molecular weight is 416 g/mol. The van der Waals surface area contributed by atoms with E-state index in [4.69, 9.17) is 4.74 Å². The zero-order chi connectivity index (χ0) is 22.0. The molecule has 1 saturated heterocycles. The second kappa shape index (κ2) is 8.31. The van der Waals surface area contributed by atoms with E-state index in [0.717, 1.165) is 0 Å². The number of Topliss-reactive ketones (excluding diaryl/α,β-unsaturated/α-hetero) is 1. The summed E-state index contributed by atoms with van der Waals surface area (Å²) in [6, 6.07) is 17.4. The van der Waals surface area contributed by atoms with Gasteiger partial charge in [0, 0.05) is 6.20 Å². The number of carbonyl (C=O) groups excluding carboxylic acids is 2. The van der Waals surface area contributed by atoms with Crippen LogP contribution < -0.4 is 4.74 Å². The van der Waals surface area contributed by atoms with Gasteiger partial charge in [0.05, 0.1) is 36.5 Å². The Morgan fingerprint density at radius 3 is 2.55 bits per heavy atom. The van der Waals surface area contributed by atoms with E-state index in [1.165, 1.54) is 24.1 Å². The van der Waals surface area contributed by atoms with Gasteiger partial charge in [-0.1, -0.05) is 30.3 Å². The zero-order valence-electron chi connectivity index (χ0n) is 16.7. The Balaban J connectivity index is 1.90. The topological polar surface area (TPSA) is 100.0 Å². The third-order valence-electron chi connectivity index (χ3n) is 5.15. The normalized spacial score (nSPS) is 17.7. The highest BCUT2D eigenvalue weighted by Crippen LogP contribution is 2.42. The van der Waals surface area contributed by atoms with Crippen molar-refractivity contribution in [3.63, 3.8) is 0 Å². The molecule has 7 nitrogen and oxygen atoms in total. The molecule has 2 aromatic carbocycles. The Kier molecular flexibility index (Phi) is 5.41. The number of phenols is 1. The van der Waals surface area contributed by atoms with E-state index in [2.05, 4.69) is 4.98 Å². The highest BCUT2D eigenvalue weighted by molar-refractivity contribution is 6.46. The van der Waals surface area contributed by atoms with E-state index < -0.39 is 17.7 Å². The first-order valence-corrected chi connectivity index (χ1v) is 9.62. The number of amides is 1. The highest BCUT2D eigenvalue weighted by atomic mass is 16.5. The Morgan fingerprint density at radius 2 is 1.84 bits per heavy atom. The van der Waals surface area contributed by atoms with E-state index in [1.807, 2.05) is 0 Å². The fraction of sp³-hybridized carbons (Fsp3) is 0.125. The SMILES string of the molecule is COc1ccccc1/C(O)=C1/C(=O)C(=O)N(Cc2ccccn2)C1c1cccc(O)c1. The number of para-hydroxylation sites is 1. The average Bonchev–Trinajstić information content (AvgIpc) is 3.04. The summed E-state index contributed by atoms with van der Waals surface area (Å²) in [5.41, 5.74) is 1.31. The molecule has 1 aromatic heterocycles. The Hall–Kier alpha value is -4.13. The summed E-state index contributed by atoms with van der Waals surface area (Å²) in [6.07, 6.45) is 1.60. The second-order valence-corrected chi connectivity index (χ2v) is 7.04. The number of hydrogen-bond donors (Lipinski definition) is 2. The monoisotopic (exact) mass is 416 g/mol. The number of ketones is 1. The van der Waals surface area contributed by atoms with Gasteiger partial charge in [0.2, 0.25) is 0 Å². The molecular weight excluding hydrogens is 396 g/mol.